The van der Waals surface area contributed by atoms with Crippen LogP contribution in [-0.2, 0) is 19.9 Å². The van der Waals surface area contributed by atoms with Crippen LogP contribution in [0.1, 0.15) is 40.9 Å². The van der Waals surface area contributed by atoms with Crippen molar-refractivity contribution in [2.24, 2.45) is 0 Å². The van der Waals surface area contributed by atoms with Crippen LogP contribution in [0.15, 0.2) is 54.6 Å². The van der Waals surface area contributed by atoms with Crippen molar-refractivity contribution in [3.63, 3.8) is 0 Å². The van der Waals surface area contributed by atoms with Gasteiger partial charge in [0.1, 0.15) is 23.0 Å². The van der Waals surface area contributed by atoms with Crippen LogP contribution in [0, 0.1) is 0 Å². The molecule has 0 aromatic heterocycles. The Labute approximate surface area is 199 Å². The zero-order valence-corrected chi connectivity index (χ0v) is 18.9. The van der Waals surface area contributed by atoms with E-state index in [-0.39, 0.29) is 11.5 Å². The second-order valence-corrected chi connectivity index (χ2v) is 7.93. The monoisotopic (exact) mass is 475 g/mol. The van der Waals surface area contributed by atoms with E-state index in [4.69, 9.17) is 31.2 Å². The van der Waals surface area contributed by atoms with Crippen molar-refractivity contribution < 1.29 is 33.3 Å². The number of thiocarbonyl (C=S) groups is 1. The quantitative estimate of drug-likeness (QED) is 0.333. The van der Waals surface area contributed by atoms with Crippen molar-refractivity contribution in [3.8, 4) is 23.0 Å². The van der Waals surface area contributed by atoms with E-state index in [9.17, 15) is 14.4 Å². The Bertz CT molecular complexity index is 1330. The number of hydrogen-bond acceptors (Lipinski definition) is 8. The lowest BCUT2D eigenvalue weighted by molar-refractivity contribution is -0.132. The lowest BCUT2D eigenvalue weighted by Gasteiger charge is -2.36. The van der Waals surface area contributed by atoms with Gasteiger partial charge in [0.15, 0.2) is 5.60 Å². The molecule has 34 heavy (non-hydrogen) atoms. The molecule has 2 heterocycles. The highest BCUT2D eigenvalue weighted by molar-refractivity contribution is 7.79. The van der Waals surface area contributed by atoms with E-state index in [1.807, 2.05) is 0 Å². The number of esters is 3. The zero-order chi connectivity index (χ0) is 24.0. The first kappa shape index (κ1) is 21.6. The molecule has 0 unspecified atom stereocenters. The van der Waals surface area contributed by atoms with Gasteiger partial charge in [-0.25, -0.2) is 4.79 Å². The van der Waals surface area contributed by atoms with E-state index in [2.05, 4.69) is 5.32 Å². The van der Waals surface area contributed by atoms with Crippen LogP contribution in [0.2, 0.25) is 0 Å². The molecular weight excluding hydrogens is 458 g/mol. The summed E-state index contributed by atoms with van der Waals surface area (Å²) in [6.45, 7) is 2.59. The van der Waals surface area contributed by atoms with E-state index in [0.717, 1.165) is 0 Å². The van der Waals surface area contributed by atoms with Crippen LogP contribution in [0.5, 0.6) is 23.0 Å². The Kier molecular flexibility index (Phi) is 5.06. The Morgan fingerprint density at radius 1 is 0.882 bits per heavy atom. The summed E-state index contributed by atoms with van der Waals surface area (Å²) in [5, 5.41) is 2.90. The first-order valence-electron chi connectivity index (χ1n) is 10.2. The molecule has 1 N–H and O–H groups in total. The Hall–Kier alpha value is -4.24. The van der Waals surface area contributed by atoms with Gasteiger partial charge in [0.25, 0.3) is 0 Å². The first-order valence-corrected chi connectivity index (χ1v) is 10.7. The van der Waals surface area contributed by atoms with Crippen molar-refractivity contribution in [2.45, 2.75) is 19.4 Å². The summed E-state index contributed by atoms with van der Waals surface area (Å²) in [6, 6.07) is 15.0. The van der Waals surface area contributed by atoms with Crippen LogP contribution in [-0.4, -0.2) is 23.4 Å². The third-order valence-electron chi connectivity index (χ3n) is 5.50. The van der Waals surface area contributed by atoms with Gasteiger partial charge in [-0.1, -0.05) is 18.3 Å². The molecule has 2 aliphatic heterocycles. The molecule has 0 fully saturated rings. The van der Waals surface area contributed by atoms with Crippen LogP contribution in [0.4, 0.5) is 5.69 Å². The molecule has 0 aliphatic carbocycles. The molecule has 0 bridgehead atoms. The average molecular weight is 475 g/mol. The molecule has 0 radical (unpaired) electrons. The smallest absolute Gasteiger partial charge is 0.340 e. The summed E-state index contributed by atoms with van der Waals surface area (Å²) < 4.78 is 22.6. The van der Waals surface area contributed by atoms with Gasteiger partial charge in [0, 0.05) is 48.4 Å². The molecule has 0 saturated carbocycles. The molecule has 9 heteroatoms. The number of carbonyl (C=O) groups excluding carboxylic acids is 3. The molecular formula is C25H17NO7S. The number of fused-ring (bicyclic) bond motifs is 6. The minimum atomic E-state index is -1.32. The fraction of sp³-hybridized carbons (Fsp3) is 0.120. The number of hydrogen-bond donors (Lipinski definition) is 1. The lowest BCUT2D eigenvalue weighted by atomic mass is 9.77. The van der Waals surface area contributed by atoms with Crippen molar-refractivity contribution >= 4 is 41.3 Å². The van der Waals surface area contributed by atoms with E-state index in [0.29, 0.717) is 39.4 Å². The highest BCUT2D eigenvalue weighted by atomic mass is 32.1. The van der Waals surface area contributed by atoms with E-state index < -0.39 is 23.5 Å². The number of carbonyl (C=O) groups is 3. The SMILES string of the molecule is CC(=O)Oc1ccc2c(c1)Oc1cc(OC(C)=O)ccc1C21OC(=O)c2cc(NC=S)ccc21. The third kappa shape index (κ3) is 3.37. The molecule has 1 spiro atoms. The predicted molar refractivity (Wildman–Crippen MR) is 125 cm³/mol. The highest BCUT2D eigenvalue weighted by Crippen LogP contribution is 2.57. The van der Waals surface area contributed by atoms with Crippen LogP contribution < -0.4 is 19.5 Å². The molecule has 8 nitrogen and oxygen atoms in total. The van der Waals surface area contributed by atoms with Gasteiger partial charge >= 0.3 is 17.9 Å². The summed E-state index contributed by atoms with van der Waals surface area (Å²) in [5.41, 5.74) is 2.76. The molecule has 0 saturated heterocycles. The maximum atomic E-state index is 13.1. The van der Waals surface area contributed by atoms with Gasteiger partial charge in [0.05, 0.1) is 11.1 Å². The maximum Gasteiger partial charge on any atom is 0.340 e. The van der Waals surface area contributed by atoms with Gasteiger partial charge in [-0.15, -0.1) is 0 Å². The van der Waals surface area contributed by atoms with Crippen molar-refractivity contribution in [1.29, 1.82) is 0 Å². The topological polar surface area (TPSA) is 100 Å². The van der Waals surface area contributed by atoms with Gasteiger partial charge < -0.3 is 24.3 Å². The van der Waals surface area contributed by atoms with Gasteiger partial charge in [-0.2, -0.15) is 0 Å². The third-order valence-corrected chi connectivity index (χ3v) is 5.62. The van der Waals surface area contributed by atoms with Gasteiger partial charge in [-0.05, 0) is 36.4 Å². The molecule has 2 aliphatic rings. The fourth-order valence-corrected chi connectivity index (χ4v) is 4.44. The molecule has 0 atom stereocenters. The van der Waals surface area contributed by atoms with Crippen molar-refractivity contribution in [1.82, 2.24) is 0 Å². The zero-order valence-electron chi connectivity index (χ0n) is 18.0. The number of ether oxygens (including phenoxy) is 4. The summed E-state index contributed by atoms with van der Waals surface area (Å²) in [4.78, 5) is 36.0. The molecule has 3 aromatic carbocycles. The second kappa shape index (κ2) is 7.96. The van der Waals surface area contributed by atoms with Crippen molar-refractivity contribution in [3.05, 3.63) is 76.9 Å². The summed E-state index contributed by atoms with van der Waals surface area (Å²) in [5.74, 6) is -0.300. The van der Waals surface area contributed by atoms with Crippen molar-refractivity contribution in [2.75, 3.05) is 5.32 Å². The Morgan fingerprint density at radius 2 is 1.44 bits per heavy atom. The minimum absolute atomic E-state index is 0.270. The number of anilines is 1. The largest absolute Gasteiger partial charge is 0.456 e. The highest BCUT2D eigenvalue weighted by Gasteiger charge is 2.53. The Morgan fingerprint density at radius 3 is 1.97 bits per heavy atom. The number of rotatable bonds is 4. The van der Waals surface area contributed by atoms with Crippen LogP contribution in [0.25, 0.3) is 0 Å². The molecule has 5 rings (SSSR count). The molecule has 3 aromatic rings. The number of nitrogens with one attached hydrogen (secondary N) is 1. The fourth-order valence-electron chi connectivity index (χ4n) is 4.31. The van der Waals surface area contributed by atoms with E-state index in [1.165, 1.54) is 19.3 Å². The lowest BCUT2D eigenvalue weighted by Crippen LogP contribution is -2.33. The summed E-state index contributed by atoms with van der Waals surface area (Å²) >= 11 is 4.86. The predicted octanol–water partition coefficient (Wildman–Crippen LogP) is 4.47. The van der Waals surface area contributed by atoms with Gasteiger partial charge in [0.2, 0.25) is 0 Å². The molecule has 170 valence electrons. The second-order valence-electron chi connectivity index (χ2n) is 7.70. The maximum absolute atomic E-state index is 13.1. The normalized spacial score (nSPS) is 14.1. The summed E-state index contributed by atoms with van der Waals surface area (Å²) in [6.07, 6.45) is 0. The average Bonchev–Trinajstić information content (AvgIpc) is 3.05. The van der Waals surface area contributed by atoms with Crippen LogP contribution in [0.3, 0.4) is 0 Å². The van der Waals surface area contributed by atoms with E-state index >= 15 is 0 Å². The van der Waals surface area contributed by atoms with Crippen LogP contribution >= 0.6 is 12.2 Å². The van der Waals surface area contributed by atoms with E-state index in [1.54, 1.807) is 54.6 Å². The Balaban J connectivity index is 1.75. The standard InChI is InChI=1S/C25H17NO7S/c1-13(27)30-16-4-7-20-22(10-16)32-23-11-17(31-14(2)28)5-8-21(23)25(20)19-6-3-15(26-12-34)9-18(19)24(29)33-25/h3-12H,1-2H3,(H,26,34). The first-order chi connectivity index (χ1) is 16.3. The summed E-state index contributed by atoms with van der Waals surface area (Å²) in [7, 11) is 0. The van der Waals surface area contributed by atoms with Gasteiger partial charge in [-0.3, -0.25) is 9.59 Å². The minimum Gasteiger partial charge on any atom is -0.456 e. The molecule has 0 amide bonds. The number of benzene rings is 3.